The van der Waals surface area contributed by atoms with Crippen LogP contribution in [0.25, 0.3) is 0 Å². The van der Waals surface area contributed by atoms with E-state index >= 15 is 0 Å². The van der Waals surface area contributed by atoms with Crippen molar-refractivity contribution in [1.82, 2.24) is 0 Å². The minimum absolute atomic E-state index is 0.0484. The van der Waals surface area contributed by atoms with Gasteiger partial charge in [-0.15, -0.1) is 0 Å². The van der Waals surface area contributed by atoms with Gasteiger partial charge < -0.3 is 0 Å². The van der Waals surface area contributed by atoms with Gasteiger partial charge in [-0.25, -0.2) is 13.2 Å². The number of benzene rings is 2. The number of rotatable bonds is 4. The summed E-state index contributed by atoms with van der Waals surface area (Å²) >= 11 is 0. The first-order chi connectivity index (χ1) is 13.6. The van der Waals surface area contributed by atoms with Crippen molar-refractivity contribution in [2.75, 3.05) is 0 Å². The fraction of sp³-hybridized carbons (Fsp3) is 0.440. The summed E-state index contributed by atoms with van der Waals surface area (Å²) in [4.78, 5) is 0. The average molecular weight is 384 g/mol. The first-order valence-electron chi connectivity index (χ1n) is 10.4. The maximum Gasteiger partial charge on any atom is 0.194 e. The number of hydrogen-bond acceptors (Lipinski definition) is 0. The van der Waals surface area contributed by atoms with Crippen LogP contribution in [-0.2, 0) is 25.7 Å². The summed E-state index contributed by atoms with van der Waals surface area (Å²) < 4.78 is 40.6. The smallest absolute Gasteiger partial charge is 0.194 e. The average Bonchev–Trinajstić information content (AvgIpc) is 2.71. The molecule has 0 bridgehead atoms. The predicted octanol–water partition coefficient (Wildman–Crippen LogP) is 6.84. The van der Waals surface area contributed by atoms with E-state index < -0.39 is 17.5 Å². The van der Waals surface area contributed by atoms with Crippen molar-refractivity contribution in [3.8, 4) is 0 Å². The van der Waals surface area contributed by atoms with Crippen molar-refractivity contribution >= 4 is 0 Å². The monoisotopic (exact) mass is 384 g/mol. The van der Waals surface area contributed by atoms with Gasteiger partial charge in [0, 0.05) is 0 Å². The van der Waals surface area contributed by atoms with Gasteiger partial charge in [0.1, 0.15) is 0 Å². The van der Waals surface area contributed by atoms with Crippen LogP contribution < -0.4 is 0 Å². The van der Waals surface area contributed by atoms with Crippen LogP contribution in [0.3, 0.4) is 0 Å². The minimum atomic E-state index is -1.38. The Morgan fingerprint density at radius 2 is 1.57 bits per heavy atom. The fourth-order valence-corrected chi connectivity index (χ4v) is 5.08. The molecule has 148 valence electrons. The highest BCUT2D eigenvalue weighted by atomic mass is 19.2. The van der Waals surface area contributed by atoms with Gasteiger partial charge in [-0.2, -0.15) is 0 Å². The molecule has 0 aromatic heterocycles. The summed E-state index contributed by atoms with van der Waals surface area (Å²) in [5.74, 6) is -2.74. The van der Waals surface area contributed by atoms with E-state index in [1.54, 1.807) is 0 Å². The molecule has 2 atom stereocenters. The Kier molecular flexibility index (Phi) is 5.61. The fourth-order valence-electron chi connectivity index (χ4n) is 5.08. The molecular weight excluding hydrogens is 357 g/mol. The van der Waals surface area contributed by atoms with Crippen LogP contribution in [0.4, 0.5) is 13.2 Å². The summed E-state index contributed by atoms with van der Waals surface area (Å²) in [6.45, 7) is 2.07. The first-order valence-corrected chi connectivity index (χ1v) is 10.4. The molecule has 0 saturated carbocycles. The maximum atomic E-state index is 13.6. The molecule has 2 aromatic carbocycles. The third kappa shape index (κ3) is 3.76. The van der Waals surface area contributed by atoms with Crippen LogP contribution >= 0.6 is 0 Å². The van der Waals surface area contributed by atoms with Crippen molar-refractivity contribution in [2.24, 2.45) is 5.92 Å². The summed E-state index contributed by atoms with van der Waals surface area (Å²) in [7, 11) is 0. The van der Waals surface area contributed by atoms with Gasteiger partial charge in [-0.05, 0) is 110 Å². The molecule has 0 saturated heterocycles. The van der Waals surface area contributed by atoms with Crippen LogP contribution in [0.15, 0.2) is 36.4 Å². The van der Waals surface area contributed by atoms with E-state index in [0.29, 0.717) is 5.56 Å². The Morgan fingerprint density at radius 1 is 0.929 bits per heavy atom. The van der Waals surface area contributed by atoms with Gasteiger partial charge >= 0.3 is 0 Å². The molecule has 3 heteroatoms. The summed E-state index contributed by atoms with van der Waals surface area (Å²) in [6, 6.07) is 6.82. The van der Waals surface area contributed by atoms with Gasteiger partial charge in [-0.1, -0.05) is 24.3 Å². The maximum absolute atomic E-state index is 13.6. The third-order valence-corrected chi connectivity index (χ3v) is 6.60. The second-order valence-electron chi connectivity index (χ2n) is 8.33. The van der Waals surface area contributed by atoms with E-state index in [1.807, 2.05) is 0 Å². The molecule has 0 unspecified atom stereocenters. The highest BCUT2D eigenvalue weighted by molar-refractivity contribution is 5.45. The van der Waals surface area contributed by atoms with Gasteiger partial charge in [0.15, 0.2) is 17.5 Å². The molecule has 4 rings (SSSR count). The van der Waals surface area contributed by atoms with Gasteiger partial charge in [0.05, 0.1) is 0 Å². The Morgan fingerprint density at radius 3 is 2.25 bits per heavy atom. The molecule has 2 aliphatic carbocycles. The molecule has 0 heterocycles. The van der Waals surface area contributed by atoms with E-state index in [-0.39, 0.29) is 5.92 Å². The van der Waals surface area contributed by atoms with Crippen molar-refractivity contribution in [2.45, 2.75) is 64.2 Å². The largest absolute Gasteiger partial charge is 0.204 e. The lowest BCUT2D eigenvalue weighted by Gasteiger charge is -2.32. The van der Waals surface area contributed by atoms with Crippen molar-refractivity contribution in [1.29, 1.82) is 0 Å². The van der Waals surface area contributed by atoms with Gasteiger partial charge in [0.2, 0.25) is 0 Å². The Balaban J connectivity index is 1.52. The zero-order chi connectivity index (χ0) is 19.7. The van der Waals surface area contributed by atoms with Crippen molar-refractivity contribution in [3.05, 3.63) is 81.7 Å². The molecule has 0 radical (unpaired) electrons. The molecule has 2 aliphatic rings. The zero-order valence-corrected chi connectivity index (χ0v) is 16.4. The second-order valence-corrected chi connectivity index (χ2v) is 8.33. The first kappa shape index (κ1) is 19.3. The topological polar surface area (TPSA) is 0 Å². The van der Waals surface area contributed by atoms with Crippen LogP contribution in [0.5, 0.6) is 0 Å². The molecule has 0 fully saturated rings. The van der Waals surface area contributed by atoms with E-state index in [1.165, 1.54) is 47.2 Å². The number of fused-ring (bicyclic) bond motifs is 3. The molecule has 0 N–H and O–H groups in total. The number of hydrogen-bond donors (Lipinski definition) is 0. The molecule has 28 heavy (non-hydrogen) atoms. The predicted molar refractivity (Wildman–Crippen MR) is 107 cm³/mol. The lowest BCUT2D eigenvalue weighted by atomic mass is 9.73. The highest BCUT2D eigenvalue weighted by Crippen LogP contribution is 2.39. The lowest BCUT2D eigenvalue weighted by Crippen LogP contribution is -2.20. The Hall–Kier alpha value is -2.03. The Bertz CT molecular complexity index is 874. The third-order valence-electron chi connectivity index (χ3n) is 6.60. The van der Waals surface area contributed by atoms with E-state index in [2.05, 4.69) is 31.2 Å². The van der Waals surface area contributed by atoms with Crippen LogP contribution in [0, 0.1) is 23.4 Å². The Labute approximate surface area is 165 Å². The van der Waals surface area contributed by atoms with Gasteiger partial charge in [0.25, 0.3) is 0 Å². The number of halogens is 3. The zero-order valence-electron chi connectivity index (χ0n) is 16.4. The van der Waals surface area contributed by atoms with Crippen molar-refractivity contribution in [3.63, 3.8) is 0 Å². The molecule has 0 aliphatic heterocycles. The number of allylic oxidation sites excluding steroid dienone is 2. The van der Waals surface area contributed by atoms with E-state index in [9.17, 15) is 13.2 Å². The van der Waals surface area contributed by atoms with Crippen molar-refractivity contribution < 1.29 is 13.2 Å². The molecule has 2 aromatic rings. The van der Waals surface area contributed by atoms with E-state index in [0.717, 1.165) is 44.4 Å². The summed E-state index contributed by atoms with van der Waals surface area (Å²) in [5, 5.41) is 0. The van der Waals surface area contributed by atoms with Crippen LogP contribution in [0.1, 0.15) is 66.3 Å². The van der Waals surface area contributed by atoms with Crippen LogP contribution in [0.2, 0.25) is 0 Å². The minimum Gasteiger partial charge on any atom is -0.204 e. The molecule has 0 amide bonds. The molecule has 0 spiro atoms. The SMILES string of the molecule is C/C=C/CC[C@H]1CCc2c(ccc3c2CC[C@H](c2cc(F)c(F)c(F)c2)C3)C1. The highest BCUT2D eigenvalue weighted by Gasteiger charge is 2.27. The van der Waals surface area contributed by atoms with Crippen LogP contribution in [-0.4, -0.2) is 0 Å². The summed E-state index contributed by atoms with van der Waals surface area (Å²) in [6.07, 6.45) is 12.9. The molecule has 0 nitrogen and oxygen atoms in total. The molecular formula is C25H27F3. The van der Waals surface area contributed by atoms with Gasteiger partial charge in [-0.3, -0.25) is 0 Å². The van der Waals surface area contributed by atoms with E-state index in [4.69, 9.17) is 0 Å². The normalized spacial score (nSPS) is 21.6. The standard InChI is InChI=1S/C25H27F3/c1-2-3-4-5-16-6-10-21-18(12-16)7-8-19-13-17(9-11-22(19)21)20-14-23(26)25(28)24(27)15-20/h2-3,7-8,14-17H,4-6,9-13H2,1H3/b3-2+/t16-,17-/m0/s1. The second kappa shape index (κ2) is 8.14. The quantitative estimate of drug-likeness (QED) is 0.400. The lowest BCUT2D eigenvalue weighted by molar-refractivity contribution is 0.426. The summed E-state index contributed by atoms with van der Waals surface area (Å²) in [5.41, 5.74) is 6.35.